The minimum atomic E-state index is -0.0389. The predicted octanol–water partition coefficient (Wildman–Crippen LogP) is 4.13. The molecule has 0 bridgehead atoms. The summed E-state index contributed by atoms with van der Waals surface area (Å²) in [5.74, 6) is 1.90. The van der Waals surface area contributed by atoms with Crippen LogP contribution in [0.5, 0.6) is 5.75 Å². The van der Waals surface area contributed by atoms with Crippen molar-refractivity contribution in [2.24, 2.45) is 0 Å². The lowest BCUT2D eigenvalue weighted by atomic mass is 10.0. The SMILES string of the molecule is COc1ccc(C2Nc3n[nH]c(-c4ccccc4)c3C(=O)CS2)cc1. The average molecular weight is 351 g/mol. The van der Waals surface area contributed by atoms with E-state index in [2.05, 4.69) is 15.5 Å². The van der Waals surface area contributed by atoms with Crippen molar-refractivity contribution in [2.45, 2.75) is 5.37 Å². The number of rotatable bonds is 3. The number of hydrogen-bond donors (Lipinski definition) is 2. The minimum absolute atomic E-state index is 0.0389. The monoisotopic (exact) mass is 351 g/mol. The number of anilines is 1. The number of methoxy groups -OCH3 is 1. The lowest BCUT2D eigenvalue weighted by Gasteiger charge is -2.16. The van der Waals surface area contributed by atoms with Crippen LogP contribution in [0.4, 0.5) is 5.82 Å². The van der Waals surface area contributed by atoms with Gasteiger partial charge in [0.05, 0.1) is 29.5 Å². The number of ether oxygens (including phenoxy) is 1. The first-order valence-electron chi connectivity index (χ1n) is 7.95. The van der Waals surface area contributed by atoms with Gasteiger partial charge in [-0.15, -0.1) is 11.8 Å². The molecule has 4 rings (SSSR count). The first-order chi connectivity index (χ1) is 12.3. The van der Waals surface area contributed by atoms with E-state index in [1.807, 2.05) is 54.6 Å². The molecule has 0 saturated heterocycles. The zero-order valence-corrected chi connectivity index (χ0v) is 14.5. The third-order valence-electron chi connectivity index (χ3n) is 4.18. The Morgan fingerprint density at radius 2 is 1.88 bits per heavy atom. The van der Waals surface area contributed by atoms with Crippen LogP contribution in [0.15, 0.2) is 54.6 Å². The third-order valence-corrected chi connectivity index (χ3v) is 5.33. The summed E-state index contributed by atoms with van der Waals surface area (Å²) >= 11 is 1.57. The van der Waals surface area contributed by atoms with Gasteiger partial charge >= 0.3 is 0 Å². The highest BCUT2D eigenvalue weighted by molar-refractivity contribution is 8.00. The zero-order chi connectivity index (χ0) is 17.2. The molecule has 1 unspecified atom stereocenters. The van der Waals surface area contributed by atoms with E-state index in [9.17, 15) is 4.79 Å². The van der Waals surface area contributed by atoms with Gasteiger partial charge in [-0.2, -0.15) is 5.10 Å². The van der Waals surface area contributed by atoms with Gasteiger partial charge in [-0.1, -0.05) is 42.5 Å². The maximum atomic E-state index is 12.7. The van der Waals surface area contributed by atoms with E-state index in [4.69, 9.17) is 4.74 Å². The van der Waals surface area contributed by atoms with Crippen molar-refractivity contribution >= 4 is 23.4 Å². The summed E-state index contributed by atoms with van der Waals surface area (Å²) in [6.07, 6.45) is 0. The summed E-state index contributed by atoms with van der Waals surface area (Å²) < 4.78 is 5.21. The van der Waals surface area contributed by atoms with Gasteiger partial charge in [0.25, 0.3) is 0 Å². The summed E-state index contributed by atoms with van der Waals surface area (Å²) in [5, 5.41) is 10.7. The van der Waals surface area contributed by atoms with Crippen molar-refractivity contribution in [3.63, 3.8) is 0 Å². The van der Waals surface area contributed by atoms with Gasteiger partial charge in [-0.05, 0) is 17.7 Å². The standard InChI is InChI=1S/C19H17N3O2S/c1-24-14-9-7-13(8-10-14)19-20-18-16(15(23)11-25-19)17(21-22-18)12-5-3-2-4-6-12/h2-10,19H,11H2,1H3,(H2,20,21,22). The number of fused-ring (bicyclic) bond motifs is 1. The Balaban J connectivity index is 1.68. The van der Waals surface area contributed by atoms with E-state index in [1.54, 1.807) is 18.9 Å². The number of Topliss-reactive ketones (excluding diaryl/α,β-unsaturated/α-hetero) is 1. The Bertz CT molecular complexity index is 891. The summed E-state index contributed by atoms with van der Waals surface area (Å²) in [6, 6.07) is 17.6. The molecule has 0 spiro atoms. The van der Waals surface area contributed by atoms with Crippen LogP contribution in [-0.2, 0) is 0 Å². The van der Waals surface area contributed by atoms with Crippen LogP contribution < -0.4 is 10.1 Å². The van der Waals surface area contributed by atoms with Gasteiger partial charge in [0.15, 0.2) is 11.6 Å². The molecule has 126 valence electrons. The van der Waals surface area contributed by atoms with E-state index in [-0.39, 0.29) is 11.2 Å². The number of nitrogens with one attached hydrogen (secondary N) is 2. The molecule has 2 N–H and O–H groups in total. The van der Waals surface area contributed by atoms with Crippen molar-refractivity contribution in [1.82, 2.24) is 10.2 Å². The highest BCUT2D eigenvalue weighted by Crippen LogP contribution is 2.38. The number of carbonyl (C=O) groups is 1. The van der Waals surface area contributed by atoms with Crippen LogP contribution >= 0.6 is 11.8 Å². The molecule has 1 aromatic heterocycles. The minimum Gasteiger partial charge on any atom is -0.497 e. The third kappa shape index (κ3) is 3.00. The average Bonchev–Trinajstić information content (AvgIpc) is 3.02. The summed E-state index contributed by atoms with van der Waals surface area (Å²) in [6.45, 7) is 0. The van der Waals surface area contributed by atoms with E-state index in [0.717, 1.165) is 22.6 Å². The molecule has 5 nitrogen and oxygen atoms in total. The Hall–Kier alpha value is -2.73. The largest absolute Gasteiger partial charge is 0.497 e. The van der Waals surface area contributed by atoms with Crippen molar-refractivity contribution in [3.05, 3.63) is 65.7 Å². The van der Waals surface area contributed by atoms with E-state index in [0.29, 0.717) is 17.1 Å². The lowest BCUT2D eigenvalue weighted by molar-refractivity contribution is 0.102. The van der Waals surface area contributed by atoms with Crippen molar-refractivity contribution in [2.75, 3.05) is 18.2 Å². The lowest BCUT2D eigenvalue weighted by Crippen LogP contribution is -2.06. The molecule has 1 atom stereocenters. The molecule has 1 aliphatic rings. The van der Waals surface area contributed by atoms with Gasteiger partial charge < -0.3 is 10.1 Å². The topological polar surface area (TPSA) is 67.0 Å². The first-order valence-corrected chi connectivity index (χ1v) is 9.00. The van der Waals surface area contributed by atoms with Crippen LogP contribution in [0.1, 0.15) is 21.3 Å². The zero-order valence-electron chi connectivity index (χ0n) is 13.7. The fraction of sp³-hybridized carbons (Fsp3) is 0.158. The fourth-order valence-corrected chi connectivity index (χ4v) is 3.89. The molecule has 6 heteroatoms. The second-order valence-corrected chi connectivity index (χ2v) is 6.81. The number of hydrogen-bond acceptors (Lipinski definition) is 5. The second-order valence-electron chi connectivity index (χ2n) is 5.72. The van der Waals surface area contributed by atoms with Crippen LogP contribution in [-0.4, -0.2) is 28.8 Å². The normalized spacial score (nSPS) is 16.7. The molecule has 0 amide bonds. The number of aromatic amines is 1. The Kier molecular flexibility index (Phi) is 4.19. The van der Waals surface area contributed by atoms with E-state index < -0.39 is 0 Å². The van der Waals surface area contributed by atoms with Gasteiger partial charge in [0, 0.05) is 5.56 Å². The summed E-state index contributed by atoms with van der Waals surface area (Å²) in [4.78, 5) is 12.7. The summed E-state index contributed by atoms with van der Waals surface area (Å²) in [5.41, 5.74) is 3.44. The van der Waals surface area contributed by atoms with Crippen LogP contribution in [0.25, 0.3) is 11.3 Å². The Morgan fingerprint density at radius 1 is 1.12 bits per heavy atom. The van der Waals surface area contributed by atoms with Gasteiger partial charge in [0.2, 0.25) is 0 Å². The smallest absolute Gasteiger partial charge is 0.178 e. The number of aromatic nitrogens is 2. The molecule has 2 heterocycles. The van der Waals surface area contributed by atoms with Crippen molar-refractivity contribution in [3.8, 4) is 17.0 Å². The quantitative estimate of drug-likeness (QED) is 0.743. The molecule has 25 heavy (non-hydrogen) atoms. The molecule has 1 aliphatic heterocycles. The number of benzene rings is 2. The van der Waals surface area contributed by atoms with Gasteiger partial charge in [0.1, 0.15) is 5.75 Å². The van der Waals surface area contributed by atoms with E-state index in [1.165, 1.54) is 0 Å². The molecular formula is C19H17N3O2S. The molecule has 0 saturated carbocycles. The molecule has 0 radical (unpaired) electrons. The highest BCUT2D eigenvalue weighted by Gasteiger charge is 2.28. The maximum Gasteiger partial charge on any atom is 0.178 e. The second kappa shape index (κ2) is 6.64. The molecule has 2 aromatic carbocycles. The number of H-pyrrole nitrogens is 1. The summed E-state index contributed by atoms with van der Waals surface area (Å²) in [7, 11) is 1.65. The molecule has 0 fully saturated rings. The maximum absolute atomic E-state index is 12.7. The van der Waals surface area contributed by atoms with Gasteiger partial charge in [-0.25, -0.2) is 0 Å². The predicted molar refractivity (Wildman–Crippen MR) is 100 cm³/mol. The first kappa shape index (κ1) is 15.8. The molecule has 0 aliphatic carbocycles. The van der Waals surface area contributed by atoms with Crippen LogP contribution in [0, 0.1) is 0 Å². The Morgan fingerprint density at radius 3 is 2.60 bits per heavy atom. The van der Waals surface area contributed by atoms with Crippen molar-refractivity contribution in [1.29, 1.82) is 0 Å². The number of ketones is 1. The van der Waals surface area contributed by atoms with Crippen molar-refractivity contribution < 1.29 is 9.53 Å². The number of thioether (sulfide) groups is 1. The Labute approximate surface area is 149 Å². The highest BCUT2D eigenvalue weighted by atomic mass is 32.2. The molecule has 3 aromatic rings. The van der Waals surface area contributed by atoms with Crippen LogP contribution in [0.3, 0.4) is 0 Å². The molecular weight excluding hydrogens is 334 g/mol. The van der Waals surface area contributed by atoms with Gasteiger partial charge in [-0.3, -0.25) is 9.89 Å². The fourth-order valence-electron chi connectivity index (χ4n) is 2.89. The van der Waals surface area contributed by atoms with E-state index >= 15 is 0 Å². The van der Waals surface area contributed by atoms with Crippen LogP contribution in [0.2, 0.25) is 0 Å². The number of nitrogens with zero attached hydrogens (tertiary/aromatic N) is 1. The number of carbonyl (C=O) groups excluding carboxylic acids is 1.